The lowest BCUT2D eigenvalue weighted by atomic mass is 9.97. The van der Waals surface area contributed by atoms with E-state index in [-0.39, 0.29) is 18.9 Å². The molecule has 4 unspecified atom stereocenters. The Bertz CT molecular complexity index is 459. The summed E-state index contributed by atoms with van der Waals surface area (Å²) in [6, 6.07) is 0. The molecule has 24 heavy (non-hydrogen) atoms. The smallest absolute Gasteiger partial charge is 0.303 e. The summed E-state index contributed by atoms with van der Waals surface area (Å²) in [7, 11) is 0. The van der Waals surface area contributed by atoms with Gasteiger partial charge in [-0.2, -0.15) is 0 Å². The summed E-state index contributed by atoms with van der Waals surface area (Å²) in [5.74, 6) is -2.37. The third-order valence-electron chi connectivity index (χ3n) is 3.16. The summed E-state index contributed by atoms with van der Waals surface area (Å²) in [5.41, 5.74) is 0. The van der Waals surface area contributed by atoms with Crippen LogP contribution < -0.4 is 0 Å². The van der Waals surface area contributed by atoms with Crippen LogP contribution in [0.2, 0.25) is 0 Å². The summed E-state index contributed by atoms with van der Waals surface area (Å²) >= 11 is 0. The second kappa shape index (κ2) is 10.6. The van der Waals surface area contributed by atoms with Crippen LogP contribution in [0.4, 0.5) is 0 Å². The molecule has 0 fully saturated rings. The zero-order valence-corrected chi connectivity index (χ0v) is 15.0. The highest BCUT2D eigenvalue weighted by molar-refractivity contribution is 5.67. The van der Waals surface area contributed by atoms with Crippen molar-refractivity contribution in [2.75, 3.05) is 6.61 Å². The van der Waals surface area contributed by atoms with Gasteiger partial charge in [-0.25, -0.2) is 0 Å². The minimum atomic E-state index is -0.796. The summed E-state index contributed by atoms with van der Waals surface area (Å²) in [6.07, 6.45) is -2.08. The van der Waals surface area contributed by atoms with Crippen molar-refractivity contribution in [3.05, 3.63) is 0 Å². The maximum absolute atomic E-state index is 11.3. The van der Waals surface area contributed by atoms with E-state index in [0.29, 0.717) is 0 Å². The van der Waals surface area contributed by atoms with Crippen molar-refractivity contribution in [2.24, 2.45) is 5.92 Å². The molecule has 0 bridgehead atoms. The van der Waals surface area contributed by atoms with E-state index in [4.69, 9.17) is 18.9 Å². The molecule has 0 heterocycles. The van der Waals surface area contributed by atoms with Crippen LogP contribution in [0.15, 0.2) is 0 Å². The second-order valence-corrected chi connectivity index (χ2v) is 5.63. The van der Waals surface area contributed by atoms with Gasteiger partial charge in [-0.3, -0.25) is 19.2 Å². The van der Waals surface area contributed by atoms with E-state index in [1.54, 1.807) is 13.8 Å². The molecule has 0 saturated carbocycles. The quantitative estimate of drug-likeness (QED) is 0.455. The predicted octanol–water partition coefficient (Wildman–Crippen LogP) is 1.39. The van der Waals surface area contributed by atoms with Crippen molar-refractivity contribution in [1.82, 2.24) is 0 Å². The third kappa shape index (κ3) is 9.81. The van der Waals surface area contributed by atoms with E-state index in [1.807, 2.05) is 0 Å². The first-order valence-corrected chi connectivity index (χ1v) is 7.67. The topological polar surface area (TPSA) is 105 Å². The number of carbonyl (C=O) groups is 4. The monoisotopic (exact) mass is 346 g/mol. The Morgan fingerprint density at radius 1 is 0.708 bits per heavy atom. The van der Waals surface area contributed by atoms with E-state index >= 15 is 0 Å². The Balaban J connectivity index is 5.10. The molecule has 0 aliphatic heterocycles. The molecule has 0 radical (unpaired) electrons. The molecule has 0 aliphatic rings. The van der Waals surface area contributed by atoms with Crippen molar-refractivity contribution >= 4 is 23.9 Å². The standard InChI is InChI=1S/C16H26O8/c1-9(8-21-11(3)17)15(23-13(5)19)7-16(24-14(6)20)10(2)22-12(4)18/h9-10,15-16H,7-8H2,1-6H3. The van der Waals surface area contributed by atoms with E-state index in [1.165, 1.54) is 27.7 Å². The van der Waals surface area contributed by atoms with Gasteiger partial charge in [0, 0.05) is 40.0 Å². The Hall–Kier alpha value is -2.12. The number of ether oxygens (including phenoxy) is 4. The van der Waals surface area contributed by atoms with Gasteiger partial charge in [0.2, 0.25) is 0 Å². The van der Waals surface area contributed by atoms with E-state index in [2.05, 4.69) is 0 Å². The molecule has 0 amide bonds. The Kier molecular flexibility index (Phi) is 9.68. The highest BCUT2D eigenvalue weighted by atomic mass is 16.6. The molecule has 0 rings (SSSR count). The van der Waals surface area contributed by atoms with E-state index < -0.39 is 42.2 Å². The largest absolute Gasteiger partial charge is 0.465 e. The summed E-state index contributed by atoms with van der Waals surface area (Å²) in [5, 5.41) is 0. The van der Waals surface area contributed by atoms with Crippen molar-refractivity contribution < 1.29 is 38.1 Å². The Morgan fingerprint density at radius 2 is 1.17 bits per heavy atom. The SMILES string of the molecule is CC(=O)OCC(C)C(CC(OC(C)=O)C(C)OC(C)=O)OC(C)=O. The van der Waals surface area contributed by atoms with Crippen molar-refractivity contribution in [1.29, 1.82) is 0 Å². The van der Waals surface area contributed by atoms with Gasteiger partial charge >= 0.3 is 23.9 Å². The molecule has 0 aliphatic carbocycles. The summed E-state index contributed by atoms with van der Waals surface area (Å²) in [6.45, 7) is 8.36. The van der Waals surface area contributed by atoms with Crippen molar-refractivity contribution in [2.45, 2.75) is 66.3 Å². The van der Waals surface area contributed by atoms with Crippen molar-refractivity contribution in [3.8, 4) is 0 Å². The van der Waals surface area contributed by atoms with Crippen LogP contribution in [0.3, 0.4) is 0 Å². The first-order chi connectivity index (χ1) is 11.0. The fourth-order valence-corrected chi connectivity index (χ4v) is 2.08. The zero-order valence-electron chi connectivity index (χ0n) is 15.0. The van der Waals surface area contributed by atoms with Crippen molar-refractivity contribution in [3.63, 3.8) is 0 Å². The van der Waals surface area contributed by atoms with E-state index in [0.717, 1.165) is 0 Å². The molecule has 8 heteroatoms. The van der Waals surface area contributed by atoms with Crippen LogP contribution in [0.5, 0.6) is 0 Å². The third-order valence-corrected chi connectivity index (χ3v) is 3.16. The average molecular weight is 346 g/mol. The van der Waals surface area contributed by atoms with E-state index in [9.17, 15) is 19.2 Å². The molecule has 8 nitrogen and oxygen atoms in total. The molecule has 0 aromatic rings. The number of hydrogen-bond acceptors (Lipinski definition) is 8. The fraction of sp³-hybridized carbons (Fsp3) is 0.750. The van der Waals surface area contributed by atoms with Gasteiger partial charge < -0.3 is 18.9 Å². The number of esters is 4. The highest BCUT2D eigenvalue weighted by Crippen LogP contribution is 2.20. The molecule has 0 saturated heterocycles. The minimum absolute atomic E-state index is 0.0437. The number of rotatable bonds is 9. The summed E-state index contributed by atoms with van der Waals surface area (Å²) < 4.78 is 20.4. The van der Waals surface area contributed by atoms with Gasteiger partial charge in [-0.1, -0.05) is 6.92 Å². The lowest BCUT2D eigenvalue weighted by Gasteiger charge is -2.29. The first-order valence-electron chi connectivity index (χ1n) is 7.67. The number of carbonyl (C=O) groups excluding carboxylic acids is 4. The Labute approximate surface area is 141 Å². The Morgan fingerprint density at radius 3 is 1.58 bits per heavy atom. The zero-order chi connectivity index (χ0) is 18.9. The van der Waals surface area contributed by atoms with Crippen LogP contribution >= 0.6 is 0 Å². The average Bonchev–Trinajstić information content (AvgIpc) is 2.41. The van der Waals surface area contributed by atoms with Crippen LogP contribution in [-0.4, -0.2) is 48.8 Å². The molecule has 138 valence electrons. The first kappa shape index (κ1) is 21.9. The lowest BCUT2D eigenvalue weighted by Crippen LogP contribution is -2.39. The molecule has 0 N–H and O–H groups in total. The van der Waals surface area contributed by atoms with Gasteiger partial charge in [-0.05, 0) is 6.92 Å². The van der Waals surface area contributed by atoms with Gasteiger partial charge in [-0.15, -0.1) is 0 Å². The molecule has 4 atom stereocenters. The molecule has 0 spiro atoms. The maximum atomic E-state index is 11.3. The van der Waals surface area contributed by atoms with Gasteiger partial charge in [0.05, 0.1) is 6.61 Å². The molecular weight excluding hydrogens is 320 g/mol. The van der Waals surface area contributed by atoms with Crippen LogP contribution in [0.1, 0.15) is 48.0 Å². The maximum Gasteiger partial charge on any atom is 0.303 e. The van der Waals surface area contributed by atoms with Gasteiger partial charge in [0.15, 0.2) is 0 Å². The van der Waals surface area contributed by atoms with Gasteiger partial charge in [0.1, 0.15) is 18.3 Å². The highest BCUT2D eigenvalue weighted by Gasteiger charge is 2.31. The normalized spacial score (nSPS) is 15.4. The summed E-state index contributed by atoms with van der Waals surface area (Å²) in [4.78, 5) is 44.7. The molecular formula is C16H26O8. The van der Waals surface area contributed by atoms with Gasteiger partial charge in [0.25, 0.3) is 0 Å². The number of hydrogen-bond donors (Lipinski definition) is 0. The van der Waals surface area contributed by atoms with Crippen LogP contribution in [0.25, 0.3) is 0 Å². The van der Waals surface area contributed by atoms with Crippen LogP contribution in [-0.2, 0) is 38.1 Å². The lowest BCUT2D eigenvalue weighted by molar-refractivity contribution is -0.171. The molecule has 0 aromatic heterocycles. The van der Waals surface area contributed by atoms with Crippen LogP contribution in [0, 0.1) is 5.92 Å². The fourth-order valence-electron chi connectivity index (χ4n) is 2.08. The minimum Gasteiger partial charge on any atom is -0.465 e. The predicted molar refractivity (Wildman–Crippen MR) is 82.8 cm³/mol. The molecule has 0 aromatic carbocycles. The second-order valence-electron chi connectivity index (χ2n) is 5.63.